The van der Waals surface area contributed by atoms with Gasteiger partial charge in [0.15, 0.2) is 0 Å². The fraction of sp³-hybridized carbons (Fsp3) is 0.350. The molecule has 1 saturated heterocycles. The van der Waals surface area contributed by atoms with Gasteiger partial charge >= 0.3 is 6.18 Å². The quantitative estimate of drug-likeness (QED) is 0.522. The smallest absolute Gasteiger partial charge is 0.360 e. The number of alkyl halides is 3. The third kappa shape index (κ3) is 3.82. The highest BCUT2D eigenvalue weighted by molar-refractivity contribution is 6.09. The number of H-pyrrole nitrogens is 1. The summed E-state index contributed by atoms with van der Waals surface area (Å²) in [4.78, 5) is 23.2. The number of hydrogen-bond acceptors (Lipinski definition) is 5. The number of piperidine rings is 1. The molecule has 3 aromatic rings. The second-order valence-corrected chi connectivity index (χ2v) is 7.15. The number of aromatic nitrogens is 3. The number of hydrogen-bond donors (Lipinski definition) is 4. The minimum absolute atomic E-state index is 0.0474. The van der Waals surface area contributed by atoms with Crippen LogP contribution in [-0.2, 0) is 6.18 Å². The number of anilines is 1. The lowest BCUT2D eigenvalue weighted by molar-refractivity contribution is -0.137. The average molecular weight is 418 g/mol. The van der Waals surface area contributed by atoms with Crippen LogP contribution in [0.4, 0.5) is 19.1 Å². The van der Waals surface area contributed by atoms with E-state index in [1.54, 1.807) is 18.2 Å². The second kappa shape index (κ2) is 7.94. The lowest BCUT2D eigenvalue weighted by atomic mass is 10.0. The fourth-order valence-electron chi connectivity index (χ4n) is 3.70. The van der Waals surface area contributed by atoms with Crippen LogP contribution in [0.1, 0.15) is 28.8 Å². The molecular weight excluding hydrogens is 397 g/mol. The largest absolute Gasteiger partial charge is 0.419 e. The molecule has 0 unspecified atom stereocenters. The number of nitrogens with one attached hydrogen (secondary N) is 4. The number of aromatic amines is 1. The van der Waals surface area contributed by atoms with Gasteiger partial charge < -0.3 is 20.9 Å². The van der Waals surface area contributed by atoms with Crippen LogP contribution in [0, 0.1) is 0 Å². The molecule has 1 aromatic carbocycles. The Bertz CT molecular complexity index is 1070. The Kier molecular flexibility index (Phi) is 5.33. The van der Waals surface area contributed by atoms with Crippen LogP contribution in [-0.4, -0.2) is 47.0 Å². The molecule has 2 aromatic heterocycles. The first-order chi connectivity index (χ1) is 14.4. The van der Waals surface area contributed by atoms with Gasteiger partial charge in [0.1, 0.15) is 5.56 Å². The zero-order chi connectivity index (χ0) is 21.3. The Morgan fingerprint density at radius 1 is 1.30 bits per heavy atom. The molecule has 1 amide bonds. The highest BCUT2D eigenvalue weighted by Crippen LogP contribution is 2.39. The van der Waals surface area contributed by atoms with E-state index >= 15 is 0 Å². The summed E-state index contributed by atoms with van der Waals surface area (Å²) in [6, 6.07) is 4.94. The van der Waals surface area contributed by atoms with Gasteiger partial charge in [0.05, 0.1) is 16.8 Å². The van der Waals surface area contributed by atoms with E-state index in [2.05, 4.69) is 30.9 Å². The maximum atomic E-state index is 13.7. The van der Waals surface area contributed by atoms with Gasteiger partial charge in [-0.05, 0) is 25.5 Å². The van der Waals surface area contributed by atoms with E-state index in [1.807, 2.05) is 0 Å². The van der Waals surface area contributed by atoms with Gasteiger partial charge in [-0.15, -0.1) is 0 Å². The minimum atomic E-state index is -4.62. The van der Waals surface area contributed by atoms with Crippen molar-refractivity contribution >= 4 is 22.8 Å². The lowest BCUT2D eigenvalue weighted by Gasteiger charge is -2.24. The summed E-state index contributed by atoms with van der Waals surface area (Å²) >= 11 is 0. The number of rotatable bonds is 4. The number of carbonyl (C=O) groups is 1. The number of amides is 1. The minimum Gasteiger partial charge on any atom is -0.360 e. The highest BCUT2D eigenvalue weighted by Gasteiger charge is 2.36. The predicted octanol–water partition coefficient (Wildman–Crippen LogP) is 3.17. The summed E-state index contributed by atoms with van der Waals surface area (Å²) in [5.74, 6) is -0.191. The molecule has 7 nitrogen and oxygen atoms in total. The Hall–Kier alpha value is -3.14. The van der Waals surface area contributed by atoms with Crippen molar-refractivity contribution in [1.82, 2.24) is 25.6 Å². The van der Waals surface area contributed by atoms with Gasteiger partial charge in [-0.1, -0.05) is 12.1 Å². The summed E-state index contributed by atoms with van der Waals surface area (Å²) in [6.07, 6.45) is -0.517. The van der Waals surface area contributed by atoms with Gasteiger partial charge in [-0.2, -0.15) is 13.2 Å². The Morgan fingerprint density at radius 2 is 2.13 bits per heavy atom. The molecule has 0 spiro atoms. The second-order valence-electron chi connectivity index (χ2n) is 7.15. The van der Waals surface area contributed by atoms with E-state index < -0.39 is 11.7 Å². The normalized spacial score (nSPS) is 17.1. The summed E-state index contributed by atoms with van der Waals surface area (Å²) in [6.45, 7) is 1.61. The maximum absolute atomic E-state index is 13.7. The van der Waals surface area contributed by atoms with Gasteiger partial charge in [0.25, 0.3) is 5.91 Å². The molecule has 0 radical (unpaired) electrons. The Labute approximate surface area is 170 Å². The zero-order valence-corrected chi connectivity index (χ0v) is 16.2. The number of para-hydroxylation sites is 1. The van der Waals surface area contributed by atoms with Gasteiger partial charge in [0, 0.05) is 43.0 Å². The van der Waals surface area contributed by atoms with Crippen molar-refractivity contribution in [3.05, 3.63) is 41.7 Å². The molecule has 0 saturated carbocycles. The van der Waals surface area contributed by atoms with Crippen LogP contribution in [0.2, 0.25) is 0 Å². The number of nitrogens with zero attached hydrogens (tertiary/aromatic N) is 2. The average Bonchev–Trinajstić information content (AvgIpc) is 3.17. The van der Waals surface area contributed by atoms with Crippen molar-refractivity contribution in [2.75, 3.05) is 25.5 Å². The zero-order valence-electron chi connectivity index (χ0n) is 16.2. The van der Waals surface area contributed by atoms with Crippen LogP contribution in [0.3, 0.4) is 0 Å². The summed E-state index contributed by atoms with van der Waals surface area (Å²) in [7, 11) is 1.50. The molecule has 0 aliphatic carbocycles. The summed E-state index contributed by atoms with van der Waals surface area (Å²) in [5, 5.41) is 9.37. The predicted molar refractivity (Wildman–Crippen MR) is 107 cm³/mol. The van der Waals surface area contributed by atoms with Crippen LogP contribution >= 0.6 is 0 Å². The lowest BCUT2D eigenvalue weighted by Crippen LogP contribution is -2.38. The maximum Gasteiger partial charge on any atom is 0.419 e. The van der Waals surface area contributed by atoms with E-state index in [4.69, 9.17) is 0 Å². The molecule has 158 valence electrons. The molecule has 1 atom stereocenters. The van der Waals surface area contributed by atoms with Crippen molar-refractivity contribution in [3.8, 4) is 11.3 Å². The molecule has 1 aliphatic rings. The highest BCUT2D eigenvalue weighted by atomic mass is 19.4. The molecular formula is C20H21F3N6O. The third-order valence-corrected chi connectivity index (χ3v) is 5.17. The van der Waals surface area contributed by atoms with Gasteiger partial charge in [-0.25, -0.2) is 9.97 Å². The van der Waals surface area contributed by atoms with Crippen molar-refractivity contribution in [3.63, 3.8) is 0 Å². The molecule has 4 rings (SSSR count). The molecule has 10 heteroatoms. The first-order valence-corrected chi connectivity index (χ1v) is 9.62. The molecule has 4 N–H and O–H groups in total. The number of fused-ring (bicyclic) bond motifs is 1. The Morgan fingerprint density at radius 3 is 2.83 bits per heavy atom. The fourth-order valence-corrected chi connectivity index (χ4v) is 3.70. The van der Waals surface area contributed by atoms with E-state index in [0.717, 1.165) is 25.6 Å². The SMILES string of the molecule is CNC(=O)c1cccc2c(-c3nc(N[C@H]4CCCNC4)ncc3C(F)(F)F)c[nH]c12. The summed E-state index contributed by atoms with van der Waals surface area (Å²) < 4.78 is 41.1. The summed E-state index contributed by atoms with van der Waals surface area (Å²) in [5.41, 5.74) is -0.111. The van der Waals surface area contributed by atoms with E-state index in [0.29, 0.717) is 23.0 Å². The first-order valence-electron chi connectivity index (χ1n) is 9.62. The van der Waals surface area contributed by atoms with Crippen LogP contribution in [0.5, 0.6) is 0 Å². The topological polar surface area (TPSA) is 94.7 Å². The molecule has 30 heavy (non-hydrogen) atoms. The number of halogens is 3. The van der Waals surface area contributed by atoms with Crippen LogP contribution in [0.15, 0.2) is 30.6 Å². The number of benzene rings is 1. The van der Waals surface area contributed by atoms with Crippen molar-refractivity contribution in [2.45, 2.75) is 25.1 Å². The van der Waals surface area contributed by atoms with Crippen LogP contribution in [0.25, 0.3) is 22.2 Å². The first kappa shape index (κ1) is 20.1. The third-order valence-electron chi connectivity index (χ3n) is 5.17. The molecule has 3 heterocycles. The Balaban J connectivity index is 1.82. The monoisotopic (exact) mass is 418 g/mol. The molecule has 0 bridgehead atoms. The van der Waals surface area contributed by atoms with Crippen molar-refractivity contribution in [2.24, 2.45) is 0 Å². The van der Waals surface area contributed by atoms with E-state index in [1.165, 1.54) is 13.2 Å². The van der Waals surface area contributed by atoms with E-state index in [9.17, 15) is 18.0 Å². The standard InChI is InChI=1S/C20H21F3N6O/c1-24-18(30)13-6-2-5-12-14(9-26-16(12)13)17-15(20(21,22)23)10-27-19(29-17)28-11-4-3-7-25-8-11/h2,5-6,9-11,25-26H,3-4,7-8H2,1H3,(H,24,30)(H,27,28,29)/t11-/m0/s1. The number of carbonyl (C=O) groups excluding carboxylic acids is 1. The van der Waals surface area contributed by atoms with Crippen LogP contribution < -0.4 is 16.0 Å². The van der Waals surface area contributed by atoms with Crippen molar-refractivity contribution < 1.29 is 18.0 Å². The molecule has 1 aliphatic heterocycles. The van der Waals surface area contributed by atoms with Gasteiger partial charge in [0.2, 0.25) is 5.95 Å². The molecule has 1 fully saturated rings. The van der Waals surface area contributed by atoms with Gasteiger partial charge in [-0.3, -0.25) is 4.79 Å². The van der Waals surface area contributed by atoms with Crippen molar-refractivity contribution in [1.29, 1.82) is 0 Å². The van der Waals surface area contributed by atoms with E-state index in [-0.39, 0.29) is 29.2 Å².